The van der Waals surface area contributed by atoms with E-state index in [0.29, 0.717) is 11.5 Å². The number of pyridine rings is 1. The average molecular weight is 227 g/mol. The van der Waals surface area contributed by atoms with Crippen LogP contribution >= 0.6 is 0 Å². The van der Waals surface area contributed by atoms with Crippen LogP contribution in [0.15, 0.2) is 48.7 Å². The predicted molar refractivity (Wildman–Crippen MR) is 65.0 cm³/mol. The van der Waals surface area contributed by atoms with Crippen molar-refractivity contribution in [1.29, 1.82) is 0 Å². The highest BCUT2D eigenvalue weighted by molar-refractivity contribution is 5.74. The number of hydrogen-bond donors (Lipinski definition) is 1. The second-order valence-electron chi connectivity index (χ2n) is 3.76. The van der Waals surface area contributed by atoms with E-state index in [1.807, 2.05) is 30.3 Å². The summed E-state index contributed by atoms with van der Waals surface area (Å²) in [7, 11) is 0. The summed E-state index contributed by atoms with van der Waals surface area (Å²) in [5.41, 5.74) is 7.72. The van der Waals surface area contributed by atoms with E-state index in [-0.39, 0.29) is 11.5 Å². The smallest absolute Gasteiger partial charge is 0.175 e. The van der Waals surface area contributed by atoms with Crippen molar-refractivity contribution in [3.05, 3.63) is 54.5 Å². The summed E-state index contributed by atoms with van der Waals surface area (Å²) < 4.78 is 15.1. The fourth-order valence-corrected chi connectivity index (χ4v) is 1.86. The standard InChI is InChI=1S/C13H10FN3/c14-10-7-4-8-17-12(15)11(16-13(10)17)9-5-2-1-3-6-9/h1-8H,15H2. The number of anilines is 1. The van der Waals surface area contributed by atoms with Crippen LogP contribution in [0.5, 0.6) is 0 Å². The van der Waals surface area contributed by atoms with Gasteiger partial charge in [-0.3, -0.25) is 4.40 Å². The van der Waals surface area contributed by atoms with Crippen molar-refractivity contribution in [3.63, 3.8) is 0 Å². The molecular formula is C13H10FN3. The quantitative estimate of drug-likeness (QED) is 0.694. The molecule has 2 aromatic heterocycles. The third kappa shape index (κ3) is 1.45. The van der Waals surface area contributed by atoms with E-state index < -0.39 is 0 Å². The molecule has 2 N–H and O–H groups in total. The van der Waals surface area contributed by atoms with E-state index in [4.69, 9.17) is 5.73 Å². The molecule has 3 nitrogen and oxygen atoms in total. The summed E-state index contributed by atoms with van der Waals surface area (Å²) in [5.74, 6) is 0.0760. The first-order chi connectivity index (χ1) is 8.27. The molecule has 2 heterocycles. The van der Waals surface area contributed by atoms with Gasteiger partial charge in [-0.25, -0.2) is 9.37 Å². The lowest BCUT2D eigenvalue weighted by Gasteiger charge is -1.98. The van der Waals surface area contributed by atoms with Crippen LogP contribution in [0, 0.1) is 5.82 Å². The zero-order chi connectivity index (χ0) is 11.8. The molecule has 0 amide bonds. The molecule has 0 bridgehead atoms. The van der Waals surface area contributed by atoms with Crippen LogP contribution < -0.4 is 5.73 Å². The van der Waals surface area contributed by atoms with Crippen LogP contribution in [0.25, 0.3) is 16.9 Å². The lowest BCUT2D eigenvalue weighted by atomic mass is 10.1. The average Bonchev–Trinajstić information content (AvgIpc) is 2.70. The number of imidazole rings is 1. The van der Waals surface area contributed by atoms with Crippen LogP contribution in [0.2, 0.25) is 0 Å². The fourth-order valence-electron chi connectivity index (χ4n) is 1.86. The first-order valence-corrected chi connectivity index (χ1v) is 5.25. The molecule has 84 valence electrons. The van der Waals surface area contributed by atoms with Crippen molar-refractivity contribution < 1.29 is 4.39 Å². The highest BCUT2D eigenvalue weighted by Crippen LogP contribution is 2.26. The maximum absolute atomic E-state index is 13.6. The van der Waals surface area contributed by atoms with E-state index in [9.17, 15) is 4.39 Å². The predicted octanol–water partition coefficient (Wildman–Crippen LogP) is 2.72. The molecule has 17 heavy (non-hydrogen) atoms. The van der Waals surface area contributed by atoms with E-state index in [2.05, 4.69) is 4.98 Å². The summed E-state index contributed by atoms with van der Waals surface area (Å²) in [6.45, 7) is 0. The van der Waals surface area contributed by atoms with Gasteiger partial charge in [0.15, 0.2) is 11.5 Å². The van der Waals surface area contributed by atoms with Gasteiger partial charge in [-0.15, -0.1) is 0 Å². The van der Waals surface area contributed by atoms with Crippen molar-refractivity contribution in [1.82, 2.24) is 9.38 Å². The van der Waals surface area contributed by atoms with E-state index in [1.165, 1.54) is 6.07 Å². The highest BCUT2D eigenvalue weighted by atomic mass is 19.1. The Bertz CT molecular complexity index is 674. The zero-order valence-electron chi connectivity index (χ0n) is 8.97. The van der Waals surface area contributed by atoms with Gasteiger partial charge in [0.05, 0.1) is 0 Å². The normalized spacial score (nSPS) is 10.9. The molecule has 3 rings (SSSR count). The minimum atomic E-state index is -0.374. The number of hydrogen-bond acceptors (Lipinski definition) is 2. The second kappa shape index (κ2) is 3.59. The molecule has 0 aliphatic carbocycles. The summed E-state index contributed by atoms with van der Waals surface area (Å²) in [6, 6.07) is 12.5. The van der Waals surface area contributed by atoms with Gasteiger partial charge in [-0.2, -0.15) is 0 Å². The summed E-state index contributed by atoms with van der Waals surface area (Å²) >= 11 is 0. The van der Waals surface area contributed by atoms with Crippen LogP contribution in [-0.4, -0.2) is 9.38 Å². The van der Waals surface area contributed by atoms with Crippen molar-refractivity contribution in [2.24, 2.45) is 0 Å². The molecule has 0 saturated carbocycles. The Kier molecular flexibility index (Phi) is 2.08. The second-order valence-corrected chi connectivity index (χ2v) is 3.76. The van der Waals surface area contributed by atoms with Gasteiger partial charge in [0, 0.05) is 11.8 Å². The van der Waals surface area contributed by atoms with E-state index >= 15 is 0 Å². The largest absolute Gasteiger partial charge is 0.383 e. The maximum atomic E-state index is 13.6. The van der Waals surface area contributed by atoms with Gasteiger partial charge in [0.25, 0.3) is 0 Å². The monoisotopic (exact) mass is 227 g/mol. The Morgan fingerprint density at radius 2 is 1.82 bits per heavy atom. The molecule has 4 heteroatoms. The van der Waals surface area contributed by atoms with Crippen molar-refractivity contribution in [3.8, 4) is 11.3 Å². The number of aromatic nitrogens is 2. The topological polar surface area (TPSA) is 43.3 Å². The Labute approximate surface area is 97.3 Å². The van der Waals surface area contributed by atoms with Gasteiger partial charge < -0.3 is 5.73 Å². The number of nitrogens with two attached hydrogens (primary N) is 1. The van der Waals surface area contributed by atoms with Crippen LogP contribution in [0.3, 0.4) is 0 Å². The molecule has 0 unspecified atom stereocenters. The van der Waals surface area contributed by atoms with Gasteiger partial charge in [-0.1, -0.05) is 30.3 Å². The van der Waals surface area contributed by atoms with Crippen molar-refractivity contribution in [2.45, 2.75) is 0 Å². The lowest BCUT2D eigenvalue weighted by molar-refractivity contribution is 0.630. The van der Waals surface area contributed by atoms with Crippen LogP contribution in [-0.2, 0) is 0 Å². The van der Waals surface area contributed by atoms with Crippen molar-refractivity contribution >= 4 is 11.5 Å². The summed E-state index contributed by atoms with van der Waals surface area (Å²) in [5, 5.41) is 0. The van der Waals surface area contributed by atoms with Gasteiger partial charge >= 0.3 is 0 Å². The lowest BCUT2D eigenvalue weighted by Crippen LogP contribution is -1.94. The molecule has 0 radical (unpaired) electrons. The third-order valence-corrected chi connectivity index (χ3v) is 2.69. The first kappa shape index (κ1) is 9.84. The number of nitrogens with zero attached hydrogens (tertiary/aromatic N) is 2. The maximum Gasteiger partial charge on any atom is 0.175 e. The van der Waals surface area contributed by atoms with Gasteiger partial charge in [0.1, 0.15) is 11.5 Å². The Morgan fingerprint density at radius 1 is 1.06 bits per heavy atom. The molecule has 0 saturated heterocycles. The zero-order valence-corrected chi connectivity index (χ0v) is 8.97. The highest BCUT2D eigenvalue weighted by Gasteiger charge is 2.12. The summed E-state index contributed by atoms with van der Waals surface area (Å²) in [6.07, 6.45) is 1.70. The first-order valence-electron chi connectivity index (χ1n) is 5.25. The molecule has 0 aliphatic heterocycles. The van der Waals surface area contributed by atoms with Crippen molar-refractivity contribution in [2.75, 3.05) is 5.73 Å². The van der Waals surface area contributed by atoms with E-state index in [1.54, 1.807) is 16.7 Å². The Hall–Kier alpha value is -2.36. The molecule has 1 aromatic carbocycles. The molecular weight excluding hydrogens is 217 g/mol. The SMILES string of the molecule is Nc1c(-c2ccccc2)nc2c(F)cccn12. The molecule has 3 aromatic rings. The van der Waals surface area contributed by atoms with Gasteiger partial charge in [0.2, 0.25) is 0 Å². The Morgan fingerprint density at radius 3 is 2.53 bits per heavy atom. The van der Waals surface area contributed by atoms with E-state index in [0.717, 1.165) is 5.56 Å². The minimum absolute atomic E-state index is 0.254. The Balaban J connectivity index is 2.32. The molecule has 0 atom stereocenters. The third-order valence-electron chi connectivity index (χ3n) is 2.69. The van der Waals surface area contributed by atoms with Crippen LogP contribution in [0.4, 0.5) is 10.2 Å². The molecule has 0 aliphatic rings. The fraction of sp³-hybridized carbons (Fsp3) is 0. The number of halogens is 1. The number of rotatable bonds is 1. The number of fused-ring (bicyclic) bond motifs is 1. The summed E-state index contributed by atoms with van der Waals surface area (Å²) in [4.78, 5) is 4.24. The molecule has 0 spiro atoms. The van der Waals surface area contributed by atoms with Gasteiger partial charge in [-0.05, 0) is 12.1 Å². The number of benzene rings is 1. The van der Waals surface area contributed by atoms with Crippen LogP contribution in [0.1, 0.15) is 0 Å². The minimum Gasteiger partial charge on any atom is -0.383 e. The number of nitrogen functional groups attached to an aromatic ring is 1. The molecule has 0 fully saturated rings.